The van der Waals surface area contributed by atoms with E-state index >= 15 is 0 Å². The van der Waals surface area contributed by atoms with Crippen LogP contribution >= 0.6 is 0 Å². The molecule has 4 aromatic carbocycles. The van der Waals surface area contributed by atoms with Crippen molar-refractivity contribution < 1.29 is 10.2 Å². The van der Waals surface area contributed by atoms with Crippen LogP contribution in [0.3, 0.4) is 0 Å². The van der Waals surface area contributed by atoms with Gasteiger partial charge in [0.2, 0.25) is 0 Å². The van der Waals surface area contributed by atoms with Gasteiger partial charge in [0.1, 0.15) is 11.5 Å². The van der Waals surface area contributed by atoms with Crippen LogP contribution in [0.25, 0.3) is 11.1 Å². The van der Waals surface area contributed by atoms with Crippen LogP contribution in [0.4, 0.5) is 11.4 Å². The Morgan fingerprint density at radius 2 is 1.16 bits per heavy atom. The number of phenolic OH excluding ortho intramolecular Hbond substituents is 2. The number of para-hydroxylation sites is 1. The lowest BCUT2D eigenvalue weighted by molar-refractivity contribution is 0.475. The van der Waals surface area contributed by atoms with E-state index in [0.29, 0.717) is 0 Å². The Balaban J connectivity index is 1.84. The topological polar surface area (TPSA) is 52.5 Å². The number of benzene rings is 4. The van der Waals surface area contributed by atoms with Gasteiger partial charge in [-0.25, -0.2) is 0 Å². The molecule has 0 unspecified atom stereocenters. The van der Waals surface area contributed by atoms with Crippen LogP contribution in [0, 0.1) is 0 Å². The Morgan fingerprint density at radius 1 is 0.613 bits per heavy atom. The van der Waals surface area contributed by atoms with Crippen molar-refractivity contribution in [3.05, 3.63) is 120 Å². The first kappa shape index (κ1) is 20.3. The van der Waals surface area contributed by atoms with Crippen molar-refractivity contribution in [1.29, 1.82) is 0 Å². The van der Waals surface area contributed by atoms with E-state index in [2.05, 4.69) is 36.5 Å². The highest BCUT2D eigenvalue weighted by molar-refractivity contribution is 5.99. The third-order valence-corrected chi connectivity index (χ3v) is 5.24. The van der Waals surface area contributed by atoms with Crippen LogP contribution < -0.4 is 5.32 Å². The van der Waals surface area contributed by atoms with Crippen LogP contribution in [-0.4, -0.2) is 10.2 Å². The smallest absolute Gasteiger partial charge is 0.115 e. The summed E-state index contributed by atoms with van der Waals surface area (Å²) in [6.45, 7) is 2.15. The molecule has 0 fully saturated rings. The molecule has 0 saturated carbocycles. The summed E-state index contributed by atoms with van der Waals surface area (Å²) < 4.78 is 0. The van der Waals surface area contributed by atoms with Crippen molar-refractivity contribution in [3.63, 3.8) is 0 Å². The van der Waals surface area contributed by atoms with Crippen molar-refractivity contribution >= 4 is 22.5 Å². The highest BCUT2D eigenvalue weighted by Gasteiger charge is 2.14. The molecule has 0 spiro atoms. The van der Waals surface area contributed by atoms with Crippen LogP contribution in [0.2, 0.25) is 0 Å². The third-order valence-electron chi connectivity index (χ3n) is 5.24. The van der Waals surface area contributed by atoms with Gasteiger partial charge in [0, 0.05) is 11.4 Å². The van der Waals surface area contributed by atoms with Gasteiger partial charge in [-0.15, -0.1) is 0 Å². The van der Waals surface area contributed by atoms with Gasteiger partial charge < -0.3 is 15.5 Å². The van der Waals surface area contributed by atoms with Crippen LogP contribution in [0.5, 0.6) is 11.5 Å². The summed E-state index contributed by atoms with van der Waals surface area (Å²) in [6, 6.07) is 33.0. The molecule has 31 heavy (non-hydrogen) atoms. The van der Waals surface area contributed by atoms with Gasteiger partial charge in [-0.05, 0) is 82.8 Å². The van der Waals surface area contributed by atoms with E-state index in [4.69, 9.17) is 0 Å². The molecular weight excluding hydrogens is 382 g/mol. The molecule has 3 nitrogen and oxygen atoms in total. The maximum atomic E-state index is 9.78. The average Bonchev–Trinajstić information content (AvgIpc) is 2.80. The fourth-order valence-electron chi connectivity index (χ4n) is 3.77. The summed E-state index contributed by atoms with van der Waals surface area (Å²) in [5.41, 5.74) is 7.49. The van der Waals surface area contributed by atoms with Crippen LogP contribution in [-0.2, 0) is 0 Å². The Bertz CT molecular complexity index is 1130. The number of nitrogens with one attached hydrogen (secondary N) is 1. The van der Waals surface area contributed by atoms with E-state index < -0.39 is 0 Å². The van der Waals surface area contributed by atoms with E-state index in [9.17, 15) is 10.2 Å². The third kappa shape index (κ3) is 4.78. The van der Waals surface area contributed by atoms with Gasteiger partial charge >= 0.3 is 0 Å². The first-order valence-corrected chi connectivity index (χ1v) is 10.4. The van der Waals surface area contributed by atoms with Crippen molar-refractivity contribution in [2.45, 2.75) is 13.3 Å². The number of rotatable bonds is 6. The van der Waals surface area contributed by atoms with Crippen molar-refractivity contribution in [3.8, 4) is 11.5 Å². The zero-order valence-corrected chi connectivity index (χ0v) is 17.4. The van der Waals surface area contributed by atoms with Crippen molar-refractivity contribution in [2.24, 2.45) is 0 Å². The fraction of sp³-hybridized carbons (Fsp3) is 0.0714. The van der Waals surface area contributed by atoms with E-state index in [1.165, 1.54) is 5.57 Å². The molecule has 0 amide bonds. The minimum absolute atomic E-state index is 0.237. The summed E-state index contributed by atoms with van der Waals surface area (Å²) in [4.78, 5) is 0. The fourth-order valence-corrected chi connectivity index (χ4v) is 3.77. The molecule has 0 saturated heterocycles. The number of anilines is 2. The molecule has 0 aliphatic heterocycles. The molecule has 4 aromatic rings. The molecule has 0 atom stereocenters. The van der Waals surface area contributed by atoms with E-state index in [1.807, 2.05) is 54.6 Å². The van der Waals surface area contributed by atoms with Gasteiger partial charge in [0.15, 0.2) is 0 Å². The minimum atomic E-state index is 0.237. The second kappa shape index (κ2) is 9.23. The second-order valence-electron chi connectivity index (χ2n) is 7.37. The summed E-state index contributed by atoms with van der Waals surface area (Å²) >= 11 is 0. The normalized spacial score (nSPS) is 10.5. The summed E-state index contributed by atoms with van der Waals surface area (Å²) in [5, 5.41) is 23.0. The number of hydrogen-bond acceptors (Lipinski definition) is 3. The number of phenols is 2. The number of aromatic hydroxyl groups is 2. The average molecular weight is 408 g/mol. The predicted octanol–water partition coefficient (Wildman–Crippen LogP) is 7.21. The largest absolute Gasteiger partial charge is 0.508 e. The van der Waals surface area contributed by atoms with Gasteiger partial charge in [0.25, 0.3) is 0 Å². The van der Waals surface area contributed by atoms with E-state index in [0.717, 1.165) is 40.1 Å². The number of hydrogen-bond donors (Lipinski definition) is 3. The van der Waals surface area contributed by atoms with Crippen molar-refractivity contribution in [2.75, 3.05) is 5.32 Å². The minimum Gasteiger partial charge on any atom is -0.508 e. The first-order chi connectivity index (χ1) is 15.1. The Morgan fingerprint density at radius 3 is 1.71 bits per heavy atom. The highest BCUT2D eigenvalue weighted by atomic mass is 16.3. The molecule has 3 N–H and O–H groups in total. The maximum absolute atomic E-state index is 9.78. The SMILES string of the molecule is CCC(=C(c1ccc(O)cc1)c1ccc(O)cc1)c1cccc(Nc2ccccc2)c1. The molecule has 0 heterocycles. The molecule has 0 radical (unpaired) electrons. The molecule has 0 aromatic heterocycles. The van der Waals surface area contributed by atoms with E-state index in [-0.39, 0.29) is 11.5 Å². The lowest BCUT2D eigenvalue weighted by Crippen LogP contribution is -1.96. The van der Waals surface area contributed by atoms with E-state index in [1.54, 1.807) is 24.3 Å². The van der Waals surface area contributed by atoms with Gasteiger partial charge in [-0.2, -0.15) is 0 Å². The molecule has 0 bridgehead atoms. The molecule has 154 valence electrons. The number of allylic oxidation sites excluding steroid dienone is 1. The lowest BCUT2D eigenvalue weighted by atomic mass is 9.88. The zero-order chi connectivity index (χ0) is 21.6. The molecule has 4 rings (SSSR count). The summed E-state index contributed by atoms with van der Waals surface area (Å²) in [5.74, 6) is 0.474. The van der Waals surface area contributed by atoms with Gasteiger partial charge in [0.05, 0.1) is 0 Å². The molecule has 0 aliphatic carbocycles. The molecule has 3 heteroatoms. The standard InChI is InChI=1S/C28H25NO2/c1-2-27(22-7-6-10-24(19-22)29-23-8-4-3-5-9-23)28(20-11-15-25(30)16-12-20)21-13-17-26(31)18-14-21/h3-19,29-31H,2H2,1H3. The Kier molecular flexibility index (Phi) is 6.04. The Hall–Kier alpha value is -3.98. The highest BCUT2D eigenvalue weighted by Crippen LogP contribution is 2.36. The zero-order valence-electron chi connectivity index (χ0n) is 17.4. The monoisotopic (exact) mass is 407 g/mol. The summed E-state index contributed by atoms with van der Waals surface area (Å²) in [7, 11) is 0. The first-order valence-electron chi connectivity index (χ1n) is 10.4. The maximum Gasteiger partial charge on any atom is 0.115 e. The second-order valence-corrected chi connectivity index (χ2v) is 7.37. The Labute approximate surface area is 183 Å². The van der Waals surface area contributed by atoms with Gasteiger partial charge in [-0.3, -0.25) is 0 Å². The van der Waals surface area contributed by atoms with Gasteiger partial charge in [-0.1, -0.05) is 61.5 Å². The van der Waals surface area contributed by atoms with Crippen LogP contribution in [0.15, 0.2) is 103 Å². The summed E-state index contributed by atoms with van der Waals surface area (Å²) in [6.07, 6.45) is 0.825. The predicted molar refractivity (Wildman–Crippen MR) is 129 cm³/mol. The quantitative estimate of drug-likeness (QED) is 0.296. The molecular formula is C28H25NO2. The van der Waals surface area contributed by atoms with Crippen molar-refractivity contribution in [1.82, 2.24) is 0 Å². The lowest BCUT2D eigenvalue weighted by Gasteiger charge is -2.17. The molecule has 0 aliphatic rings. The van der Waals surface area contributed by atoms with Crippen LogP contribution in [0.1, 0.15) is 30.0 Å².